The van der Waals surface area contributed by atoms with Crippen LogP contribution in [0.4, 0.5) is 4.79 Å². The van der Waals surface area contributed by atoms with Crippen LogP contribution in [0.3, 0.4) is 0 Å². The fourth-order valence-corrected chi connectivity index (χ4v) is 7.95. The van der Waals surface area contributed by atoms with E-state index in [4.69, 9.17) is 23.7 Å². The Morgan fingerprint density at radius 2 is 1.57 bits per heavy atom. The number of carbonyl (C=O) groups is 5. The van der Waals surface area contributed by atoms with Gasteiger partial charge in [-0.2, -0.15) is 0 Å². The highest BCUT2D eigenvalue weighted by molar-refractivity contribution is 6.00. The summed E-state index contributed by atoms with van der Waals surface area (Å²) in [5.41, 5.74) is -1.75. The quantitative estimate of drug-likeness (QED) is 0.123. The molecule has 0 bridgehead atoms. The van der Waals surface area contributed by atoms with Gasteiger partial charge in [0.25, 0.3) is 5.91 Å². The first-order valence-corrected chi connectivity index (χ1v) is 20.1. The molecule has 0 radical (unpaired) electrons. The largest absolute Gasteiger partial charge is 0.459 e. The van der Waals surface area contributed by atoms with Crippen molar-refractivity contribution in [1.29, 1.82) is 0 Å². The van der Waals surface area contributed by atoms with E-state index in [1.54, 1.807) is 39.8 Å². The molecule has 0 aromatic heterocycles. The molecular formula is C43H65N3O12. The zero-order chi connectivity index (χ0) is 43.7. The predicted octanol–water partition coefficient (Wildman–Crippen LogP) is 2.93. The number of hydrogen-bond donors (Lipinski definition) is 4. The van der Waals surface area contributed by atoms with Crippen LogP contribution in [0, 0.1) is 42.4 Å². The summed E-state index contributed by atoms with van der Waals surface area (Å²) in [6.45, 7) is 14.5. The molecule has 2 fully saturated rings. The van der Waals surface area contributed by atoms with Crippen LogP contribution in [-0.4, -0.2) is 133 Å². The van der Waals surface area contributed by atoms with E-state index in [0.717, 1.165) is 5.56 Å². The molecule has 4 N–H and O–H groups in total. The lowest BCUT2D eigenvalue weighted by Gasteiger charge is -2.47. The Morgan fingerprint density at radius 3 is 2.16 bits per heavy atom. The number of rotatable bonds is 9. The van der Waals surface area contributed by atoms with E-state index in [0.29, 0.717) is 12.0 Å². The normalized spacial score (nSPS) is 35.2. The molecule has 58 heavy (non-hydrogen) atoms. The maximum Gasteiger partial charge on any atom is 0.407 e. The first kappa shape index (κ1) is 48.5. The third kappa shape index (κ3) is 12.1. The van der Waals surface area contributed by atoms with Gasteiger partial charge in [0.05, 0.1) is 23.7 Å². The maximum atomic E-state index is 14.4. The van der Waals surface area contributed by atoms with Crippen molar-refractivity contribution in [2.24, 2.45) is 23.7 Å². The highest BCUT2D eigenvalue weighted by Crippen LogP contribution is 2.39. The van der Waals surface area contributed by atoms with Crippen molar-refractivity contribution in [3.8, 4) is 11.8 Å². The van der Waals surface area contributed by atoms with Gasteiger partial charge in [0.15, 0.2) is 12.1 Å². The van der Waals surface area contributed by atoms with Crippen molar-refractivity contribution in [3.05, 3.63) is 35.4 Å². The van der Waals surface area contributed by atoms with E-state index in [1.165, 1.54) is 27.9 Å². The summed E-state index contributed by atoms with van der Waals surface area (Å²) in [5, 5.41) is 28.5. The number of hydrogen-bond acceptors (Lipinski definition) is 13. The molecule has 2 heterocycles. The number of ketones is 2. The zero-order valence-corrected chi connectivity index (χ0v) is 36.1. The molecule has 0 spiro atoms. The number of likely N-dealkylation sites (N-methyl/N-ethyl adjacent to an activating group) is 1. The van der Waals surface area contributed by atoms with Gasteiger partial charge in [-0.05, 0) is 80.1 Å². The van der Waals surface area contributed by atoms with Crippen LogP contribution in [0.15, 0.2) is 24.3 Å². The summed E-state index contributed by atoms with van der Waals surface area (Å²) in [6.07, 6.45) is -6.99. The average Bonchev–Trinajstić information content (AvgIpc) is 3.18. The number of alkyl carbamates (subject to hydrolysis) is 1. The minimum atomic E-state index is -2.11. The molecule has 324 valence electrons. The van der Waals surface area contributed by atoms with Crippen LogP contribution in [0.1, 0.15) is 85.8 Å². The number of nitrogens with zero attached hydrogens (tertiary/aromatic N) is 1. The predicted molar refractivity (Wildman–Crippen MR) is 214 cm³/mol. The standard InChI is InChI=1S/C43H65N3O12/c1-13-32-43(9,53)38(58-41(52)45-21-20-44-33(47)19-18-30-16-14-24(2)15-17-30)27(5)34(48)25(3)23-42(8,54-12)37(28(6)35(49)29(7)39(51)56-32)57-40-36(50)31(46(10)11)22-26(4)55-40/h14-17,25-29,31-32,36-38,40,50,53H,13,20-23H2,1-12H3,(H,44,47)(H,45,52)/t25-,26-,27+,28+,29-,31+,32-,36-,37-,38-,40+,42-,43-/m1/s1. The third-order valence-corrected chi connectivity index (χ3v) is 11.6. The molecule has 2 saturated heterocycles. The number of amides is 2. The molecule has 0 unspecified atom stereocenters. The van der Waals surface area contributed by atoms with Crippen molar-refractivity contribution in [1.82, 2.24) is 15.5 Å². The van der Waals surface area contributed by atoms with E-state index >= 15 is 0 Å². The molecule has 0 saturated carbocycles. The van der Waals surface area contributed by atoms with Gasteiger partial charge in [-0.3, -0.25) is 19.2 Å². The smallest absolute Gasteiger partial charge is 0.407 e. The number of aliphatic hydroxyl groups is 2. The minimum absolute atomic E-state index is 0.000890. The summed E-state index contributed by atoms with van der Waals surface area (Å²) in [5.74, 6) is -1.53. The number of aryl methyl sites for hydroxylation is 1. The van der Waals surface area contributed by atoms with Gasteiger partial charge in [0.1, 0.15) is 35.6 Å². The average molecular weight is 816 g/mol. The van der Waals surface area contributed by atoms with E-state index in [1.807, 2.05) is 45.0 Å². The van der Waals surface area contributed by atoms with Crippen molar-refractivity contribution < 1.29 is 57.9 Å². The lowest BCUT2D eigenvalue weighted by atomic mass is 9.74. The van der Waals surface area contributed by atoms with Crippen LogP contribution in [0.5, 0.6) is 0 Å². The topological polar surface area (TPSA) is 199 Å². The summed E-state index contributed by atoms with van der Waals surface area (Å²) in [7, 11) is 5.10. The highest BCUT2D eigenvalue weighted by Gasteiger charge is 2.53. The van der Waals surface area contributed by atoms with Gasteiger partial charge in [-0.1, -0.05) is 51.3 Å². The number of benzene rings is 1. The molecule has 13 atom stereocenters. The molecule has 2 amide bonds. The van der Waals surface area contributed by atoms with Crippen molar-refractivity contribution in [3.63, 3.8) is 0 Å². The Morgan fingerprint density at radius 1 is 0.966 bits per heavy atom. The maximum absolute atomic E-state index is 14.4. The van der Waals surface area contributed by atoms with E-state index in [-0.39, 0.29) is 38.1 Å². The number of ether oxygens (including phenoxy) is 5. The minimum Gasteiger partial charge on any atom is -0.459 e. The van der Waals surface area contributed by atoms with Crippen LogP contribution in [0.25, 0.3) is 0 Å². The molecule has 15 heteroatoms. The molecule has 0 aliphatic carbocycles. The number of esters is 1. The van der Waals surface area contributed by atoms with Gasteiger partial charge in [0, 0.05) is 49.6 Å². The number of aliphatic hydroxyl groups excluding tert-OH is 1. The molecule has 2 aliphatic heterocycles. The molecular weight excluding hydrogens is 750 g/mol. The lowest BCUT2D eigenvalue weighted by Crippen LogP contribution is -2.60. The van der Waals surface area contributed by atoms with Gasteiger partial charge < -0.3 is 49.4 Å². The lowest BCUT2D eigenvalue weighted by molar-refractivity contribution is -0.295. The Kier molecular flexibility index (Phi) is 17.4. The Balaban J connectivity index is 1.91. The second-order valence-electron chi connectivity index (χ2n) is 16.5. The fraction of sp³-hybridized carbons (Fsp3) is 0.698. The Hall–Kier alpha value is -3.91. The Bertz CT molecular complexity index is 1660. The summed E-state index contributed by atoms with van der Waals surface area (Å²) >= 11 is 0. The van der Waals surface area contributed by atoms with Gasteiger partial charge >= 0.3 is 12.1 Å². The first-order valence-electron chi connectivity index (χ1n) is 20.1. The highest BCUT2D eigenvalue weighted by atomic mass is 16.7. The third-order valence-electron chi connectivity index (χ3n) is 11.6. The number of methoxy groups -OCH3 is 1. The van der Waals surface area contributed by atoms with Crippen molar-refractivity contribution in [2.75, 3.05) is 34.3 Å². The molecule has 15 nitrogen and oxygen atoms in total. The van der Waals surface area contributed by atoms with Crippen molar-refractivity contribution >= 4 is 29.5 Å². The number of carbonyl (C=O) groups excluding carboxylic acids is 5. The zero-order valence-electron chi connectivity index (χ0n) is 36.1. The number of Topliss-reactive ketones (excluding diaryl/α,β-unsaturated/α-hetero) is 2. The van der Waals surface area contributed by atoms with Gasteiger partial charge in [0.2, 0.25) is 0 Å². The second-order valence-corrected chi connectivity index (χ2v) is 16.5. The van der Waals surface area contributed by atoms with Gasteiger partial charge in [-0.15, -0.1) is 0 Å². The van der Waals surface area contributed by atoms with Crippen molar-refractivity contribution in [2.45, 2.75) is 136 Å². The van der Waals surface area contributed by atoms with Crippen LogP contribution in [-0.2, 0) is 42.9 Å². The molecule has 3 rings (SSSR count). The summed E-state index contributed by atoms with van der Waals surface area (Å²) in [6, 6.07) is 7.04. The Labute approximate surface area is 343 Å². The number of cyclic esters (lactones) is 1. The molecule has 1 aromatic carbocycles. The van der Waals surface area contributed by atoms with E-state index in [9.17, 15) is 34.2 Å². The summed E-state index contributed by atoms with van der Waals surface area (Å²) < 4.78 is 30.2. The summed E-state index contributed by atoms with van der Waals surface area (Å²) in [4.78, 5) is 69.6. The monoisotopic (exact) mass is 815 g/mol. The fourth-order valence-electron chi connectivity index (χ4n) is 7.95. The molecule has 2 aliphatic rings. The molecule has 1 aromatic rings. The van der Waals surface area contributed by atoms with E-state index in [2.05, 4.69) is 22.5 Å². The van der Waals surface area contributed by atoms with Crippen LogP contribution in [0.2, 0.25) is 0 Å². The van der Waals surface area contributed by atoms with E-state index < -0.39 is 95.1 Å². The SMILES string of the molecule is CC[C@H]1OC(=O)[C@H](C)C(=O)[C@H](C)[C@@H](O[C@@H]2O[C@H](C)C[C@H](N(C)C)[C@H]2O)[C@](C)(OC)C[C@@H](C)C(=O)[C@H](C)[C@@H](OC(=O)NCCNC(=O)C#Cc2ccc(C)cc2)[C@]1(C)O. The number of nitrogens with one attached hydrogen (secondary N) is 2. The van der Waals surface area contributed by atoms with Gasteiger partial charge in [-0.25, -0.2) is 4.79 Å². The second kappa shape index (κ2) is 20.9. The first-order chi connectivity index (χ1) is 27.1. The van der Waals surface area contributed by atoms with Crippen LogP contribution < -0.4 is 10.6 Å². The van der Waals surface area contributed by atoms with Crippen LogP contribution >= 0.6 is 0 Å².